The summed E-state index contributed by atoms with van der Waals surface area (Å²) in [5, 5.41) is 8.45. The highest BCUT2D eigenvalue weighted by molar-refractivity contribution is 9.09. The van der Waals surface area contributed by atoms with Crippen molar-refractivity contribution in [3.8, 4) is 0 Å². The Morgan fingerprint density at radius 3 is 2.85 bits per heavy atom. The van der Waals surface area contributed by atoms with E-state index >= 15 is 0 Å². The highest BCUT2D eigenvalue weighted by Crippen LogP contribution is 2.47. The van der Waals surface area contributed by atoms with Crippen LogP contribution in [0.25, 0.3) is 0 Å². The quantitative estimate of drug-likeness (QED) is 0.395. The molecule has 0 amide bonds. The summed E-state index contributed by atoms with van der Waals surface area (Å²) in [6, 6.07) is 10.3. The zero-order valence-electron chi connectivity index (χ0n) is 15.7. The van der Waals surface area contributed by atoms with Crippen LogP contribution < -0.4 is 10.7 Å². The van der Waals surface area contributed by atoms with Crippen LogP contribution in [0.5, 0.6) is 0 Å². The molecule has 1 heterocycles. The summed E-state index contributed by atoms with van der Waals surface area (Å²) in [6.07, 6.45) is 7.97. The standard InChI is InChI=1S/C21H25BrN4S/c1-13-16(22)11-12-18-19(13)15-9-6-10-17(20(15)26(18)2)24-25-21(27)23-14-7-4-3-5-8-14/h3-5,7-8,11-13,15-16,20H,6,9-10H2,1-2H3,(H2,23,25,27). The van der Waals surface area contributed by atoms with Gasteiger partial charge in [0.15, 0.2) is 5.11 Å². The smallest absolute Gasteiger partial charge is 0.191 e. The Kier molecular flexibility index (Phi) is 5.37. The van der Waals surface area contributed by atoms with E-state index in [0.29, 0.717) is 27.8 Å². The van der Waals surface area contributed by atoms with Crippen LogP contribution in [0.3, 0.4) is 0 Å². The predicted molar refractivity (Wildman–Crippen MR) is 120 cm³/mol. The highest BCUT2D eigenvalue weighted by Gasteiger charge is 2.46. The van der Waals surface area contributed by atoms with Crippen LogP contribution >= 0.6 is 28.1 Å². The molecule has 1 aromatic carbocycles. The molecule has 4 unspecified atom stereocenters. The SMILES string of the molecule is CC1C2=C(C=CC1Br)N(C)C1C(=NNC(=S)Nc3ccccc3)CCCC21. The number of anilines is 1. The second-order valence-electron chi connectivity index (χ2n) is 7.52. The maximum absolute atomic E-state index is 5.42. The minimum atomic E-state index is 0.334. The zero-order valence-corrected chi connectivity index (χ0v) is 18.1. The first-order valence-electron chi connectivity index (χ1n) is 9.54. The molecule has 0 radical (unpaired) electrons. The predicted octanol–water partition coefficient (Wildman–Crippen LogP) is 4.67. The summed E-state index contributed by atoms with van der Waals surface area (Å²) in [5.41, 5.74) is 8.21. The zero-order chi connectivity index (χ0) is 19.0. The summed E-state index contributed by atoms with van der Waals surface area (Å²) in [5.74, 6) is 1.07. The van der Waals surface area contributed by atoms with Crippen molar-refractivity contribution in [2.75, 3.05) is 12.4 Å². The van der Waals surface area contributed by atoms with Crippen molar-refractivity contribution in [2.45, 2.75) is 37.1 Å². The van der Waals surface area contributed by atoms with Crippen molar-refractivity contribution in [3.05, 3.63) is 53.8 Å². The van der Waals surface area contributed by atoms with Gasteiger partial charge >= 0.3 is 0 Å². The Morgan fingerprint density at radius 2 is 2.07 bits per heavy atom. The van der Waals surface area contributed by atoms with Crippen LogP contribution in [0.2, 0.25) is 0 Å². The number of hydrogen-bond acceptors (Lipinski definition) is 3. The maximum Gasteiger partial charge on any atom is 0.191 e. The molecule has 4 atom stereocenters. The fourth-order valence-corrected chi connectivity index (χ4v) is 5.24. The minimum Gasteiger partial charge on any atom is -0.366 e. The lowest BCUT2D eigenvalue weighted by atomic mass is 9.75. The first kappa shape index (κ1) is 18.7. The lowest BCUT2D eigenvalue weighted by Gasteiger charge is -2.34. The third kappa shape index (κ3) is 3.57. The number of allylic oxidation sites excluding steroid dienone is 2. The van der Waals surface area contributed by atoms with Crippen molar-refractivity contribution < 1.29 is 0 Å². The normalized spacial score (nSPS) is 30.9. The van der Waals surface area contributed by atoms with Crippen molar-refractivity contribution >= 4 is 44.7 Å². The molecule has 6 heteroatoms. The van der Waals surface area contributed by atoms with Gasteiger partial charge in [0.25, 0.3) is 0 Å². The van der Waals surface area contributed by atoms with E-state index in [0.717, 1.165) is 12.1 Å². The van der Waals surface area contributed by atoms with Gasteiger partial charge < -0.3 is 10.2 Å². The first-order chi connectivity index (χ1) is 13.1. The van der Waals surface area contributed by atoms with Crippen LogP contribution in [0.4, 0.5) is 5.69 Å². The Bertz CT molecular complexity index is 817. The van der Waals surface area contributed by atoms with Crippen molar-refractivity contribution in [1.82, 2.24) is 10.3 Å². The Balaban J connectivity index is 1.50. The van der Waals surface area contributed by atoms with Crippen LogP contribution in [0.1, 0.15) is 26.2 Å². The molecule has 2 N–H and O–H groups in total. The van der Waals surface area contributed by atoms with E-state index in [4.69, 9.17) is 17.3 Å². The van der Waals surface area contributed by atoms with Gasteiger partial charge in [0.2, 0.25) is 0 Å². The van der Waals surface area contributed by atoms with Gasteiger partial charge in [0.1, 0.15) is 0 Å². The molecule has 0 aromatic heterocycles. The molecule has 2 aliphatic carbocycles. The fraction of sp³-hybridized carbons (Fsp3) is 0.429. The number of alkyl halides is 1. The molecular formula is C21H25BrN4S. The van der Waals surface area contributed by atoms with E-state index in [-0.39, 0.29) is 0 Å². The summed E-state index contributed by atoms with van der Waals surface area (Å²) in [7, 11) is 2.20. The first-order valence-corrected chi connectivity index (χ1v) is 10.9. The molecule has 0 bridgehead atoms. The highest BCUT2D eigenvalue weighted by atomic mass is 79.9. The average molecular weight is 445 g/mol. The molecule has 27 heavy (non-hydrogen) atoms. The fourth-order valence-electron chi connectivity index (χ4n) is 4.63. The molecule has 1 saturated carbocycles. The minimum absolute atomic E-state index is 0.334. The number of para-hydroxylation sites is 1. The van der Waals surface area contributed by atoms with Gasteiger partial charge in [0.05, 0.1) is 11.8 Å². The molecule has 4 nitrogen and oxygen atoms in total. The van der Waals surface area contributed by atoms with Crippen LogP contribution in [0, 0.1) is 11.8 Å². The number of benzene rings is 1. The van der Waals surface area contributed by atoms with Crippen LogP contribution in [-0.2, 0) is 0 Å². The molecule has 1 aliphatic heterocycles. The lowest BCUT2D eigenvalue weighted by molar-refractivity contribution is 0.319. The van der Waals surface area contributed by atoms with Crippen molar-refractivity contribution in [1.29, 1.82) is 0 Å². The van der Waals surface area contributed by atoms with Gasteiger partial charge in [-0.1, -0.05) is 47.1 Å². The molecule has 1 fully saturated rings. The monoisotopic (exact) mass is 444 g/mol. The van der Waals surface area contributed by atoms with Gasteiger partial charge in [-0.05, 0) is 61.2 Å². The topological polar surface area (TPSA) is 39.7 Å². The number of thiocarbonyl (C=S) groups is 1. The third-order valence-corrected chi connectivity index (χ3v) is 7.19. The van der Waals surface area contributed by atoms with Gasteiger partial charge in [-0.3, -0.25) is 5.43 Å². The number of nitrogens with zero attached hydrogens (tertiary/aromatic N) is 2. The number of hydrogen-bond donors (Lipinski definition) is 2. The van der Waals surface area contributed by atoms with Crippen molar-refractivity contribution in [2.24, 2.45) is 16.9 Å². The maximum atomic E-state index is 5.42. The Labute approximate surface area is 174 Å². The van der Waals surface area contributed by atoms with Gasteiger partial charge in [-0.25, -0.2) is 0 Å². The van der Waals surface area contributed by atoms with Gasteiger partial charge in [-0.2, -0.15) is 5.10 Å². The second-order valence-corrected chi connectivity index (χ2v) is 8.99. The number of halogens is 1. The van der Waals surface area contributed by atoms with E-state index in [1.807, 2.05) is 30.3 Å². The van der Waals surface area contributed by atoms with E-state index in [1.165, 1.54) is 24.3 Å². The largest absolute Gasteiger partial charge is 0.366 e. The van der Waals surface area contributed by atoms with Crippen LogP contribution in [0.15, 0.2) is 58.9 Å². The molecule has 0 spiro atoms. The molecular weight excluding hydrogens is 420 g/mol. The van der Waals surface area contributed by atoms with E-state index in [2.05, 4.69) is 57.7 Å². The van der Waals surface area contributed by atoms with Crippen LogP contribution in [-0.4, -0.2) is 33.6 Å². The summed E-state index contributed by atoms with van der Waals surface area (Å²) in [4.78, 5) is 2.84. The molecule has 0 saturated heterocycles. The number of fused-ring (bicyclic) bond motifs is 2. The Hall–Kier alpha value is -1.66. The number of likely N-dealkylation sites (N-methyl/N-ethyl adjacent to an activating group) is 1. The molecule has 3 aliphatic rings. The van der Waals surface area contributed by atoms with Gasteiger partial charge in [-0.15, -0.1) is 0 Å². The lowest BCUT2D eigenvalue weighted by Crippen LogP contribution is -2.42. The summed E-state index contributed by atoms with van der Waals surface area (Å²) >= 11 is 9.24. The number of rotatable bonds is 2. The number of hydrazone groups is 1. The van der Waals surface area contributed by atoms with E-state index in [1.54, 1.807) is 5.57 Å². The summed E-state index contributed by atoms with van der Waals surface area (Å²) in [6.45, 7) is 2.33. The number of nitrogens with one attached hydrogen (secondary N) is 2. The second kappa shape index (κ2) is 7.76. The van der Waals surface area contributed by atoms with E-state index < -0.39 is 0 Å². The molecule has 142 valence electrons. The molecule has 1 aromatic rings. The van der Waals surface area contributed by atoms with Crippen molar-refractivity contribution in [3.63, 3.8) is 0 Å². The van der Waals surface area contributed by atoms with Gasteiger partial charge in [0, 0.05) is 29.2 Å². The third-order valence-electron chi connectivity index (χ3n) is 5.90. The Morgan fingerprint density at radius 1 is 1.30 bits per heavy atom. The molecule has 4 rings (SSSR count). The van der Waals surface area contributed by atoms with E-state index in [9.17, 15) is 0 Å². The average Bonchev–Trinajstić information content (AvgIpc) is 2.97. The summed E-state index contributed by atoms with van der Waals surface area (Å²) < 4.78 is 0.